The van der Waals surface area contributed by atoms with E-state index in [1.54, 1.807) is 0 Å². The van der Waals surface area contributed by atoms with Gasteiger partial charge in [0.15, 0.2) is 0 Å². The Bertz CT molecular complexity index is 624. The van der Waals surface area contributed by atoms with Gasteiger partial charge in [-0.2, -0.15) is 0 Å². The normalized spacial score (nSPS) is 28.0. The summed E-state index contributed by atoms with van der Waals surface area (Å²) in [5.74, 6) is 0.846. The largest absolute Gasteiger partial charge is 0.338 e. The summed E-state index contributed by atoms with van der Waals surface area (Å²) in [5, 5.41) is 0. The maximum absolute atomic E-state index is 13.0. The molecule has 2 aliphatic rings. The van der Waals surface area contributed by atoms with Crippen molar-refractivity contribution in [1.29, 1.82) is 0 Å². The molecule has 118 valence electrons. The van der Waals surface area contributed by atoms with E-state index in [9.17, 15) is 4.79 Å². The molecular weight excluding hydrogens is 270 g/mol. The minimum absolute atomic E-state index is 0.0980. The van der Waals surface area contributed by atoms with E-state index in [-0.39, 0.29) is 17.4 Å². The highest BCUT2D eigenvalue weighted by atomic mass is 16.2. The number of amides is 1. The number of fused-ring (bicyclic) bond motifs is 1. The fourth-order valence-electron chi connectivity index (χ4n) is 4.13. The van der Waals surface area contributed by atoms with Gasteiger partial charge < -0.3 is 4.90 Å². The molecule has 0 bridgehead atoms. The summed E-state index contributed by atoms with van der Waals surface area (Å²) in [7, 11) is 1.99. The van der Waals surface area contributed by atoms with Gasteiger partial charge in [-0.1, -0.05) is 49.8 Å². The Morgan fingerprint density at radius 3 is 2.64 bits per heavy atom. The van der Waals surface area contributed by atoms with E-state index in [0.717, 1.165) is 12.8 Å². The van der Waals surface area contributed by atoms with Crippen LogP contribution in [0.15, 0.2) is 35.9 Å². The van der Waals surface area contributed by atoms with Crippen molar-refractivity contribution in [2.45, 2.75) is 46.6 Å². The van der Waals surface area contributed by atoms with Crippen LogP contribution in [0, 0.1) is 17.3 Å². The average Bonchev–Trinajstić information content (AvgIpc) is 2.84. The lowest BCUT2D eigenvalue weighted by Gasteiger charge is -2.26. The molecule has 2 nitrogen and oxygen atoms in total. The van der Waals surface area contributed by atoms with Gasteiger partial charge in [-0.3, -0.25) is 4.79 Å². The van der Waals surface area contributed by atoms with Crippen LogP contribution in [-0.4, -0.2) is 17.9 Å². The van der Waals surface area contributed by atoms with Crippen LogP contribution < -0.4 is 0 Å². The topological polar surface area (TPSA) is 20.3 Å². The van der Waals surface area contributed by atoms with Crippen molar-refractivity contribution < 1.29 is 4.79 Å². The first-order valence-electron chi connectivity index (χ1n) is 8.33. The summed E-state index contributed by atoms with van der Waals surface area (Å²) < 4.78 is 0. The number of allylic oxidation sites excluding steroid dienone is 2. The minimum atomic E-state index is 0.0980. The third-order valence-corrected chi connectivity index (χ3v) is 5.61. The summed E-state index contributed by atoms with van der Waals surface area (Å²) in [6, 6.07) is 8.82. The zero-order valence-corrected chi connectivity index (χ0v) is 14.4. The van der Waals surface area contributed by atoms with Crippen LogP contribution in [0.25, 0.3) is 0 Å². The van der Waals surface area contributed by atoms with E-state index in [1.807, 2.05) is 11.9 Å². The number of rotatable bonds is 3. The van der Waals surface area contributed by atoms with Crippen LogP contribution in [0.1, 0.15) is 51.3 Å². The highest BCUT2D eigenvalue weighted by Gasteiger charge is 2.61. The smallest absolute Gasteiger partial charge is 0.227 e. The Balaban J connectivity index is 1.78. The van der Waals surface area contributed by atoms with Gasteiger partial charge in [-0.05, 0) is 49.1 Å². The standard InChI is InChI=1S/C20H27NO/c1-13(2)12-16-18(20(16,3)4)19(22)21(5)17-11-10-14-8-6-7-9-15(14)17/h6-9,12,16-18H,10-11H2,1-5H3/t16-,17+,18+/m1/s1. The molecule has 0 spiro atoms. The van der Waals surface area contributed by atoms with Crippen LogP contribution in [0.5, 0.6) is 0 Å². The van der Waals surface area contributed by atoms with Gasteiger partial charge in [0.1, 0.15) is 0 Å². The maximum atomic E-state index is 13.0. The van der Waals surface area contributed by atoms with Crippen molar-refractivity contribution in [3.63, 3.8) is 0 Å². The van der Waals surface area contributed by atoms with Crippen molar-refractivity contribution >= 4 is 5.91 Å². The summed E-state index contributed by atoms with van der Waals surface area (Å²) in [6.07, 6.45) is 4.42. The van der Waals surface area contributed by atoms with Gasteiger partial charge in [-0.15, -0.1) is 0 Å². The molecule has 0 aromatic heterocycles. The lowest BCUT2D eigenvalue weighted by atomic mass is 10.1. The van der Waals surface area contributed by atoms with Gasteiger partial charge >= 0.3 is 0 Å². The van der Waals surface area contributed by atoms with Gasteiger partial charge in [0, 0.05) is 7.05 Å². The Labute approximate surface area is 134 Å². The molecular formula is C20H27NO. The molecule has 0 aliphatic heterocycles. The molecule has 1 aromatic rings. The van der Waals surface area contributed by atoms with Crippen molar-refractivity contribution in [1.82, 2.24) is 4.90 Å². The Kier molecular flexibility index (Phi) is 3.66. The number of carbonyl (C=O) groups excluding carboxylic acids is 1. The van der Waals surface area contributed by atoms with Crippen LogP contribution in [0.4, 0.5) is 0 Å². The molecule has 1 saturated carbocycles. The molecule has 1 aromatic carbocycles. The molecule has 1 fully saturated rings. The monoisotopic (exact) mass is 297 g/mol. The Morgan fingerprint density at radius 2 is 1.95 bits per heavy atom. The van der Waals surface area contributed by atoms with Crippen molar-refractivity contribution in [2.75, 3.05) is 7.05 Å². The first kappa shape index (κ1) is 15.3. The molecule has 1 amide bonds. The number of hydrogen-bond acceptors (Lipinski definition) is 1. The van der Waals surface area contributed by atoms with Crippen molar-refractivity contribution in [2.24, 2.45) is 17.3 Å². The molecule has 0 saturated heterocycles. The van der Waals surface area contributed by atoms with Crippen molar-refractivity contribution in [3.8, 4) is 0 Å². The molecule has 0 unspecified atom stereocenters. The minimum Gasteiger partial charge on any atom is -0.338 e. The highest BCUT2D eigenvalue weighted by Crippen LogP contribution is 2.60. The second kappa shape index (κ2) is 5.26. The van der Waals surface area contributed by atoms with Crippen LogP contribution >= 0.6 is 0 Å². The van der Waals surface area contributed by atoms with E-state index < -0.39 is 0 Å². The van der Waals surface area contributed by atoms with Gasteiger partial charge in [0.2, 0.25) is 5.91 Å². The molecule has 3 rings (SSSR count). The predicted octanol–water partition coefficient (Wildman–Crippen LogP) is 4.37. The van der Waals surface area contributed by atoms with Crippen LogP contribution in [0.2, 0.25) is 0 Å². The third kappa shape index (κ3) is 2.39. The maximum Gasteiger partial charge on any atom is 0.227 e. The summed E-state index contributed by atoms with van der Waals surface area (Å²) in [6.45, 7) is 8.67. The fraction of sp³-hybridized carbons (Fsp3) is 0.550. The number of hydrogen-bond donors (Lipinski definition) is 0. The number of aryl methyl sites for hydroxylation is 1. The average molecular weight is 297 g/mol. The second-order valence-electron chi connectivity index (χ2n) is 7.77. The zero-order valence-electron chi connectivity index (χ0n) is 14.4. The predicted molar refractivity (Wildman–Crippen MR) is 90.5 cm³/mol. The van der Waals surface area contributed by atoms with Crippen LogP contribution in [0.3, 0.4) is 0 Å². The van der Waals surface area contributed by atoms with Gasteiger partial charge in [0.25, 0.3) is 0 Å². The first-order chi connectivity index (χ1) is 10.3. The number of benzene rings is 1. The lowest BCUT2D eigenvalue weighted by Crippen LogP contribution is -2.32. The molecule has 3 atom stereocenters. The SMILES string of the molecule is CC(C)=C[C@@H]1[C@@H](C(=O)N(C)[C@H]2CCc3ccccc32)C1(C)C. The summed E-state index contributed by atoms with van der Waals surface area (Å²) in [5.41, 5.74) is 4.15. The van der Waals surface area contributed by atoms with E-state index in [2.05, 4.69) is 58.0 Å². The third-order valence-electron chi connectivity index (χ3n) is 5.61. The van der Waals surface area contributed by atoms with Gasteiger partial charge in [-0.25, -0.2) is 0 Å². The summed E-state index contributed by atoms with van der Waals surface area (Å²) in [4.78, 5) is 15.0. The molecule has 22 heavy (non-hydrogen) atoms. The highest BCUT2D eigenvalue weighted by molar-refractivity contribution is 5.84. The molecule has 0 heterocycles. The number of carbonyl (C=O) groups is 1. The Hall–Kier alpha value is -1.57. The first-order valence-corrected chi connectivity index (χ1v) is 8.33. The van der Waals surface area contributed by atoms with E-state index in [1.165, 1.54) is 16.7 Å². The second-order valence-corrected chi connectivity index (χ2v) is 7.77. The van der Waals surface area contributed by atoms with E-state index >= 15 is 0 Å². The Morgan fingerprint density at radius 1 is 1.27 bits per heavy atom. The lowest BCUT2D eigenvalue weighted by molar-refractivity contribution is -0.134. The van der Waals surface area contributed by atoms with Crippen molar-refractivity contribution in [3.05, 3.63) is 47.0 Å². The molecule has 0 radical (unpaired) electrons. The van der Waals surface area contributed by atoms with Gasteiger partial charge in [0.05, 0.1) is 12.0 Å². The molecule has 2 heteroatoms. The van der Waals surface area contributed by atoms with E-state index in [0.29, 0.717) is 11.8 Å². The molecule has 0 N–H and O–H groups in total. The van der Waals surface area contributed by atoms with Crippen LogP contribution in [-0.2, 0) is 11.2 Å². The number of nitrogens with zero attached hydrogens (tertiary/aromatic N) is 1. The molecule has 2 aliphatic carbocycles. The quantitative estimate of drug-likeness (QED) is 0.759. The zero-order chi connectivity index (χ0) is 16.1. The summed E-state index contributed by atoms with van der Waals surface area (Å²) >= 11 is 0. The fourth-order valence-corrected chi connectivity index (χ4v) is 4.13. The van der Waals surface area contributed by atoms with E-state index in [4.69, 9.17) is 0 Å².